The van der Waals surface area contributed by atoms with Gasteiger partial charge < -0.3 is 9.47 Å². The number of rotatable bonds is 1. The Balaban J connectivity index is 2.06. The molecule has 6 heteroatoms. The highest BCUT2D eigenvalue weighted by molar-refractivity contribution is 6.32. The second-order valence-corrected chi connectivity index (χ2v) is 5.31. The van der Waals surface area contributed by atoms with Gasteiger partial charge in [-0.15, -0.1) is 0 Å². The van der Waals surface area contributed by atoms with Crippen molar-refractivity contribution in [3.8, 4) is 23.3 Å². The van der Waals surface area contributed by atoms with E-state index < -0.39 is 11.2 Å². The van der Waals surface area contributed by atoms with E-state index in [0.717, 1.165) is 11.6 Å². The second kappa shape index (κ2) is 6.50. The lowest BCUT2D eigenvalue weighted by atomic mass is 10.1. The van der Waals surface area contributed by atoms with Crippen LogP contribution in [0.4, 0.5) is 13.2 Å². The summed E-state index contributed by atoms with van der Waals surface area (Å²) < 4.78 is 48.6. The van der Waals surface area contributed by atoms with Gasteiger partial charge in [0, 0.05) is 17.2 Å². The molecule has 122 valence electrons. The normalized spacial score (nSPS) is 13.4. The van der Waals surface area contributed by atoms with Crippen molar-refractivity contribution in [3.05, 3.63) is 64.2 Å². The maximum atomic E-state index is 12.7. The van der Waals surface area contributed by atoms with Crippen LogP contribution in [0.5, 0.6) is 11.5 Å². The number of hydrogen-bond acceptors (Lipinski definition) is 2. The van der Waals surface area contributed by atoms with E-state index in [-0.39, 0.29) is 12.4 Å². The van der Waals surface area contributed by atoms with Gasteiger partial charge in [-0.1, -0.05) is 41.6 Å². The lowest BCUT2D eigenvalue weighted by Crippen LogP contribution is -2.06. The maximum absolute atomic E-state index is 12.7. The molecule has 0 fully saturated rings. The molecule has 2 aromatic carbocycles. The minimum Gasteiger partial charge on any atom is -0.454 e. The van der Waals surface area contributed by atoms with E-state index in [2.05, 4.69) is 11.8 Å². The van der Waals surface area contributed by atoms with E-state index in [1.807, 2.05) is 18.2 Å². The van der Waals surface area contributed by atoms with Crippen LogP contribution in [0.2, 0.25) is 0 Å². The maximum Gasteiger partial charge on any atom is 0.426 e. The highest BCUT2D eigenvalue weighted by Crippen LogP contribution is 2.37. The van der Waals surface area contributed by atoms with Gasteiger partial charge >= 0.3 is 6.18 Å². The van der Waals surface area contributed by atoms with Crippen LogP contribution in [-0.2, 0) is 0 Å². The number of fused-ring (bicyclic) bond motifs is 1. The molecule has 0 atom stereocenters. The molecule has 0 bridgehead atoms. The number of halogens is 4. The molecule has 0 spiro atoms. The Labute approximate surface area is 141 Å². The van der Waals surface area contributed by atoms with Crippen LogP contribution in [-0.4, -0.2) is 13.0 Å². The molecule has 0 unspecified atom stereocenters. The van der Waals surface area contributed by atoms with Gasteiger partial charge in [0.25, 0.3) is 0 Å². The van der Waals surface area contributed by atoms with Gasteiger partial charge in [-0.2, -0.15) is 13.2 Å². The summed E-state index contributed by atoms with van der Waals surface area (Å²) in [6.45, 7) is 0.0149. The van der Waals surface area contributed by atoms with Gasteiger partial charge in [0.2, 0.25) is 6.79 Å². The van der Waals surface area contributed by atoms with Crippen molar-refractivity contribution in [1.82, 2.24) is 0 Å². The number of alkyl halides is 3. The van der Waals surface area contributed by atoms with Gasteiger partial charge in [-0.3, -0.25) is 0 Å². The first-order chi connectivity index (χ1) is 11.4. The molecule has 1 aliphatic heterocycles. The highest BCUT2D eigenvalue weighted by Gasteiger charge is 2.32. The van der Waals surface area contributed by atoms with E-state index in [1.54, 1.807) is 18.2 Å². The van der Waals surface area contributed by atoms with E-state index in [1.165, 1.54) is 6.07 Å². The molecule has 0 aliphatic carbocycles. The Bertz CT molecular complexity index is 846. The Morgan fingerprint density at radius 1 is 1.04 bits per heavy atom. The van der Waals surface area contributed by atoms with Crippen LogP contribution < -0.4 is 9.47 Å². The average Bonchev–Trinajstić information content (AvgIpc) is 3.00. The van der Waals surface area contributed by atoms with Gasteiger partial charge in [-0.05, 0) is 29.8 Å². The number of benzene rings is 2. The fourth-order valence-corrected chi connectivity index (χ4v) is 2.18. The quantitative estimate of drug-likeness (QED) is 0.677. The third-order valence-electron chi connectivity index (χ3n) is 3.21. The topological polar surface area (TPSA) is 18.5 Å². The number of hydrogen-bond donors (Lipinski definition) is 0. The molecule has 0 amide bonds. The first-order valence-electron chi connectivity index (χ1n) is 6.88. The molecular weight excluding hydrogens is 341 g/mol. The Hall–Kier alpha value is -2.58. The van der Waals surface area contributed by atoms with Crippen molar-refractivity contribution in [2.45, 2.75) is 6.18 Å². The van der Waals surface area contributed by atoms with Gasteiger partial charge in [0.15, 0.2) is 11.5 Å². The van der Waals surface area contributed by atoms with Crippen LogP contribution in [0.3, 0.4) is 0 Å². The van der Waals surface area contributed by atoms with Crippen molar-refractivity contribution in [1.29, 1.82) is 0 Å². The predicted molar refractivity (Wildman–Crippen MR) is 84.9 cm³/mol. The molecule has 3 rings (SSSR count). The number of allylic oxidation sites excluding steroid dienone is 1. The van der Waals surface area contributed by atoms with E-state index in [4.69, 9.17) is 21.1 Å². The van der Waals surface area contributed by atoms with Gasteiger partial charge in [-0.25, -0.2) is 0 Å². The van der Waals surface area contributed by atoms with Gasteiger partial charge in [0.1, 0.15) is 5.03 Å². The van der Waals surface area contributed by atoms with Crippen molar-refractivity contribution >= 4 is 17.7 Å². The summed E-state index contributed by atoms with van der Waals surface area (Å²) >= 11 is 5.35. The predicted octanol–water partition coefficient (Wildman–Crippen LogP) is 4.96. The highest BCUT2D eigenvalue weighted by atomic mass is 35.5. The molecule has 2 aromatic rings. The molecule has 0 saturated heterocycles. The summed E-state index contributed by atoms with van der Waals surface area (Å²) in [6.07, 6.45) is -3.79. The van der Waals surface area contributed by atoms with Crippen LogP contribution in [0, 0.1) is 11.8 Å². The van der Waals surface area contributed by atoms with Crippen LogP contribution >= 0.6 is 11.6 Å². The largest absolute Gasteiger partial charge is 0.454 e. The minimum absolute atomic E-state index is 0.0149. The third-order valence-corrected chi connectivity index (χ3v) is 3.54. The van der Waals surface area contributed by atoms with E-state index in [0.29, 0.717) is 17.1 Å². The minimum atomic E-state index is -4.62. The smallest absolute Gasteiger partial charge is 0.426 e. The summed E-state index contributed by atoms with van der Waals surface area (Å²) in [4.78, 5) is 0. The zero-order valence-electron chi connectivity index (χ0n) is 12.2. The van der Waals surface area contributed by atoms with E-state index in [9.17, 15) is 13.2 Å². The molecule has 2 nitrogen and oxygen atoms in total. The SMILES string of the molecule is FC(F)(F)C(Cl)=Cc1cc2c(cc1C#Cc1ccccc1)OCO2. The van der Waals surface area contributed by atoms with E-state index >= 15 is 0 Å². The van der Waals surface area contributed by atoms with Crippen molar-refractivity contribution < 1.29 is 22.6 Å². The third kappa shape index (κ3) is 3.66. The lowest BCUT2D eigenvalue weighted by Gasteiger charge is -2.07. The summed E-state index contributed by atoms with van der Waals surface area (Å²) in [6, 6.07) is 12.1. The molecule has 0 radical (unpaired) electrons. The number of ether oxygens (including phenoxy) is 2. The zero-order chi connectivity index (χ0) is 17.2. The Morgan fingerprint density at radius 2 is 1.71 bits per heavy atom. The summed E-state index contributed by atoms with van der Waals surface area (Å²) in [5.41, 5.74) is 1.32. The molecule has 1 heterocycles. The summed E-state index contributed by atoms with van der Waals surface area (Å²) in [5.74, 6) is 6.56. The molecule has 0 N–H and O–H groups in total. The first-order valence-corrected chi connectivity index (χ1v) is 7.26. The summed E-state index contributed by atoms with van der Waals surface area (Å²) in [7, 11) is 0. The summed E-state index contributed by atoms with van der Waals surface area (Å²) in [5, 5.41) is -1.23. The average molecular weight is 351 g/mol. The van der Waals surface area contributed by atoms with Gasteiger partial charge in [0.05, 0.1) is 0 Å². The zero-order valence-corrected chi connectivity index (χ0v) is 12.9. The second-order valence-electron chi connectivity index (χ2n) is 4.90. The van der Waals surface area contributed by atoms with Crippen molar-refractivity contribution in [2.24, 2.45) is 0 Å². The Kier molecular flexibility index (Phi) is 4.41. The van der Waals surface area contributed by atoms with Crippen LogP contribution in [0.1, 0.15) is 16.7 Å². The standard InChI is InChI=1S/C18H10ClF3O2/c19-17(18(20,21)22)10-14-9-16-15(23-11-24-16)8-13(14)7-6-12-4-2-1-3-5-12/h1-5,8-10H,11H2. The first kappa shape index (κ1) is 16.3. The van der Waals surface area contributed by atoms with Crippen LogP contribution in [0.25, 0.3) is 6.08 Å². The Morgan fingerprint density at radius 3 is 2.38 bits per heavy atom. The molecule has 0 aromatic heterocycles. The molecule has 0 saturated carbocycles. The fourth-order valence-electron chi connectivity index (χ4n) is 2.06. The lowest BCUT2D eigenvalue weighted by molar-refractivity contribution is -0.0836. The monoisotopic (exact) mass is 350 g/mol. The fraction of sp³-hybridized carbons (Fsp3) is 0.111. The molecular formula is C18H10ClF3O2. The molecule has 1 aliphatic rings. The molecule has 24 heavy (non-hydrogen) atoms. The van der Waals surface area contributed by atoms with Crippen molar-refractivity contribution in [2.75, 3.05) is 6.79 Å². The van der Waals surface area contributed by atoms with Crippen LogP contribution in [0.15, 0.2) is 47.5 Å². The van der Waals surface area contributed by atoms with Crippen molar-refractivity contribution in [3.63, 3.8) is 0 Å².